The zero-order chi connectivity index (χ0) is 44.2. The molecule has 0 saturated carbocycles. The monoisotopic (exact) mass is 865 g/mol. The molecule has 16 rings (SSSR count). The van der Waals surface area contributed by atoms with Crippen molar-refractivity contribution in [2.45, 2.75) is 5.41 Å². The number of benzene rings is 9. The van der Waals surface area contributed by atoms with Gasteiger partial charge in [0.25, 0.3) is 0 Å². The van der Waals surface area contributed by atoms with Crippen LogP contribution in [-0.4, -0.2) is 33.6 Å². The zero-order valence-electron chi connectivity index (χ0n) is 36.3. The van der Waals surface area contributed by atoms with Gasteiger partial charge in [-0.3, -0.25) is 18.7 Å². The third-order valence-electron chi connectivity index (χ3n) is 14.9. The molecular weight excluding hydrogens is 831 g/mol. The van der Waals surface area contributed by atoms with Crippen LogP contribution >= 0.6 is 0 Å². The van der Waals surface area contributed by atoms with E-state index in [0.717, 1.165) is 76.7 Å². The SMILES string of the molecule is c1ccc2c(c1)-c1cccnc1C21c2ccccc2-c2c1c1c(c3ccccc23)c2ccccc2n1-c1nc(-n2c3ccccc3c3ccccc32)nc(-n2c3ccccc3c3ccccc32)n1. The van der Waals surface area contributed by atoms with Crippen LogP contribution in [0.15, 0.2) is 212 Å². The standard InChI is InChI=1S/C61H35N7/c1-2-24-42-41(23-1)53-44-25-4-11-29-47(44)61(46-28-10-3-18-36(46)43-27-17-35-62-57(43)61)55(53)56-54(42)45-26-9-16-34-52(45)68(56)60-64-58(66-48-30-12-5-19-37(48)38-20-6-13-31-49(38)66)63-59(65-60)67-50-32-14-7-21-39(50)40-22-8-15-33-51(40)67/h1-35H. The molecule has 1 spiro atoms. The molecule has 0 fully saturated rings. The summed E-state index contributed by atoms with van der Waals surface area (Å²) in [5.41, 5.74) is 14.8. The smallest absolute Gasteiger partial charge is 0.241 e. The Balaban J connectivity index is 1.14. The fourth-order valence-electron chi connectivity index (χ4n) is 12.5. The van der Waals surface area contributed by atoms with Gasteiger partial charge in [-0.05, 0) is 75.0 Å². The van der Waals surface area contributed by atoms with Gasteiger partial charge in [0, 0.05) is 49.6 Å². The topological polar surface area (TPSA) is 66.3 Å². The first-order valence-electron chi connectivity index (χ1n) is 23.2. The van der Waals surface area contributed by atoms with Gasteiger partial charge in [-0.1, -0.05) is 170 Å². The highest BCUT2D eigenvalue weighted by atomic mass is 15.3. The number of rotatable bonds is 3. The summed E-state index contributed by atoms with van der Waals surface area (Å²) < 4.78 is 6.78. The lowest BCUT2D eigenvalue weighted by atomic mass is 9.71. The minimum atomic E-state index is -0.758. The number of aromatic nitrogens is 7. The summed E-state index contributed by atoms with van der Waals surface area (Å²) in [6.45, 7) is 0. The molecule has 68 heavy (non-hydrogen) atoms. The molecule has 9 aromatic carbocycles. The van der Waals surface area contributed by atoms with Crippen LogP contribution in [0.1, 0.15) is 22.4 Å². The number of nitrogens with zero attached hydrogens (tertiary/aromatic N) is 7. The van der Waals surface area contributed by atoms with Gasteiger partial charge in [0.2, 0.25) is 17.8 Å². The van der Waals surface area contributed by atoms with Crippen molar-refractivity contribution >= 4 is 76.2 Å². The Kier molecular flexibility index (Phi) is 6.89. The van der Waals surface area contributed by atoms with Gasteiger partial charge in [0.15, 0.2) is 0 Å². The van der Waals surface area contributed by atoms with E-state index in [-0.39, 0.29) is 0 Å². The molecule has 1 unspecified atom stereocenters. The highest BCUT2D eigenvalue weighted by Gasteiger charge is 2.55. The van der Waals surface area contributed by atoms with Crippen molar-refractivity contribution in [2.75, 3.05) is 0 Å². The van der Waals surface area contributed by atoms with Crippen LogP contribution in [0, 0.1) is 0 Å². The summed E-state index contributed by atoms with van der Waals surface area (Å²) in [6, 6.07) is 74.2. The van der Waals surface area contributed by atoms with Crippen LogP contribution in [0.3, 0.4) is 0 Å². The van der Waals surface area contributed by atoms with E-state index in [4.69, 9.17) is 19.9 Å². The molecule has 7 nitrogen and oxygen atoms in total. The molecule has 0 amide bonds. The highest BCUT2D eigenvalue weighted by molar-refractivity contribution is 6.27. The molecule has 0 aliphatic heterocycles. The maximum Gasteiger partial charge on any atom is 0.241 e. The second kappa shape index (κ2) is 13.0. The number of hydrogen-bond acceptors (Lipinski definition) is 4. The van der Waals surface area contributed by atoms with Gasteiger partial charge in [-0.25, -0.2) is 0 Å². The van der Waals surface area contributed by atoms with Gasteiger partial charge in [-0.2, -0.15) is 15.0 Å². The molecule has 5 heterocycles. The van der Waals surface area contributed by atoms with Gasteiger partial charge in [0.05, 0.1) is 44.2 Å². The van der Waals surface area contributed by atoms with Crippen LogP contribution in [-0.2, 0) is 5.41 Å². The molecule has 0 saturated heterocycles. The van der Waals surface area contributed by atoms with E-state index in [9.17, 15) is 0 Å². The molecular formula is C61H35N7. The lowest BCUT2D eigenvalue weighted by Gasteiger charge is -2.30. The third kappa shape index (κ3) is 4.34. The van der Waals surface area contributed by atoms with E-state index >= 15 is 0 Å². The van der Waals surface area contributed by atoms with Gasteiger partial charge in [0.1, 0.15) is 0 Å². The van der Waals surface area contributed by atoms with Crippen LogP contribution in [0.25, 0.3) is 116 Å². The summed E-state index contributed by atoms with van der Waals surface area (Å²) in [4.78, 5) is 22.4. The Morgan fingerprint density at radius 2 is 0.721 bits per heavy atom. The second-order valence-corrected chi connectivity index (χ2v) is 18.1. The van der Waals surface area contributed by atoms with Crippen molar-refractivity contribution in [3.63, 3.8) is 0 Å². The lowest BCUT2D eigenvalue weighted by Crippen LogP contribution is -2.28. The summed E-state index contributed by atoms with van der Waals surface area (Å²) in [6.07, 6.45) is 1.96. The Morgan fingerprint density at radius 3 is 1.28 bits per heavy atom. The molecule has 5 aromatic heterocycles. The fraction of sp³-hybridized carbons (Fsp3) is 0.0164. The van der Waals surface area contributed by atoms with Gasteiger partial charge < -0.3 is 0 Å². The van der Waals surface area contributed by atoms with Crippen molar-refractivity contribution < 1.29 is 0 Å². The molecule has 7 heteroatoms. The zero-order valence-corrected chi connectivity index (χ0v) is 36.3. The van der Waals surface area contributed by atoms with E-state index in [2.05, 4.69) is 220 Å². The Hall–Kier alpha value is -9.20. The van der Waals surface area contributed by atoms with Crippen molar-refractivity contribution in [1.29, 1.82) is 0 Å². The molecule has 0 radical (unpaired) electrons. The van der Waals surface area contributed by atoms with E-state index < -0.39 is 5.41 Å². The van der Waals surface area contributed by atoms with Gasteiger partial charge in [-0.15, -0.1) is 0 Å². The summed E-state index contributed by atoms with van der Waals surface area (Å²) in [5.74, 6) is 1.59. The minimum absolute atomic E-state index is 0.524. The Bertz CT molecular complexity index is 4250. The molecule has 0 N–H and O–H groups in total. The number of para-hydroxylation sites is 5. The number of pyridine rings is 1. The van der Waals surface area contributed by atoms with E-state index in [0.29, 0.717) is 17.8 Å². The summed E-state index contributed by atoms with van der Waals surface area (Å²) in [7, 11) is 0. The Morgan fingerprint density at radius 1 is 0.324 bits per heavy atom. The lowest BCUT2D eigenvalue weighted by molar-refractivity contribution is 0.761. The number of fused-ring (bicyclic) bond motifs is 23. The highest BCUT2D eigenvalue weighted by Crippen LogP contribution is 2.65. The third-order valence-corrected chi connectivity index (χ3v) is 14.9. The largest absolute Gasteiger partial charge is 0.278 e. The molecule has 14 aromatic rings. The van der Waals surface area contributed by atoms with Crippen LogP contribution in [0.4, 0.5) is 0 Å². The molecule has 2 aliphatic rings. The van der Waals surface area contributed by atoms with Crippen molar-refractivity contribution in [3.05, 3.63) is 235 Å². The Labute approximate surface area is 388 Å². The average Bonchev–Trinajstić information content (AvgIpc) is 4.19. The van der Waals surface area contributed by atoms with Crippen LogP contribution in [0.2, 0.25) is 0 Å². The number of hydrogen-bond donors (Lipinski definition) is 0. The quantitative estimate of drug-likeness (QED) is 0.177. The van der Waals surface area contributed by atoms with Crippen LogP contribution < -0.4 is 0 Å². The fourth-order valence-corrected chi connectivity index (χ4v) is 12.5. The molecule has 0 bridgehead atoms. The van der Waals surface area contributed by atoms with E-state index in [1.165, 1.54) is 44.2 Å². The van der Waals surface area contributed by atoms with E-state index in [1.807, 2.05) is 6.20 Å². The first kappa shape index (κ1) is 36.1. The normalized spacial score (nSPS) is 14.8. The maximum atomic E-state index is 5.72. The van der Waals surface area contributed by atoms with Crippen LogP contribution in [0.5, 0.6) is 0 Å². The molecule has 1 atom stereocenters. The summed E-state index contributed by atoms with van der Waals surface area (Å²) >= 11 is 0. The minimum Gasteiger partial charge on any atom is -0.278 e. The van der Waals surface area contributed by atoms with Crippen molar-refractivity contribution in [2.24, 2.45) is 0 Å². The first-order valence-corrected chi connectivity index (χ1v) is 23.2. The summed E-state index contributed by atoms with van der Waals surface area (Å²) in [5, 5.41) is 9.20. The first-order chi connectivity index (χ1) is 33.8. The average molecular weight is 866 g/mol. The molecule has 314 valence electrons. The predicted molar refractivity (Wildman–Crippen MR) is 274 cm³/mol. The van der Waals surface area contributed by atoms with Crippen molar-refractivity contribution in [1.82, 2.24) is 33.6 Å². The second-order valence-electron chi connectivity index (χ2n) is 18.1. The van der Waals surface area contributed by atoms with Gasteiger partial charge >= 0.3 is 0 Å². The maximum absolute atomic E-state index is 5.72. The van der Waals surface area contributed by atoms with E-state index in [1.54, 1.807) is 0 Å². The van der Waals surface area contributed by atoms with Crippen molar-refractivity contribution in [3.8, 4) is 40.1 Å². The predicted octanol–water partition coefficient (Wildman–Crippen LogP) is 14.1. The molecule has 2 aliphatic carbocycles.